The third-order valence-electron chi connectivity index (χ3n) is 4.73. The summed E-state index contributed by atoms with van der Waals surface area (Å²) in [5.74, 6) is 0.331. The van der Waals surface area contributed by atoms with Gasteiger partial charge in [0.2, 0.25) is 0 Å². The zero-order valence-corrected chi connectivity index (χ0v) is 17.5. The number of halogens is 2. The van der Waals surface area contributed by atoms with Crippen LogP contribution < -0.4 is 4.74 Å². The molecule has 1 saturated heterocycles. The summed E-state index contributed by atoms with van der Waals surface area (Å²) in [6.07, 6.45) is 0.401. The van der Waals surface area contributed by atoms with Gasteiger partial charge in [0.15, 0.2) is 5.60 Å². The van der Waals surface area contributed by atoms with Crippen LogP contribution in [0.3, 0.4) is 0 Å². The molecular formula is C22H16Br2O3. The molecular weight excluding hydrogens is 472 g/mol. The van der Waals surface area contributed by atoms with Gasteiger partial charge in [0.1, 0.15) is 12.4 Å². The zero-order valence-electron chi connectivity index (χ0n) is 14.4. The van der Waals surface area contributed by atoms with E-state index in [1.807, 2.05) is 54.6 Å². The summed E-state index contributed by atoms with van der Waals surface area (Å²) in [5, 5.41) is 2.19. The fourth-order valence-electron chi connectivity index (χ4n) is 3.30. The van der Waals surface area contributed by atoms with Crippen LogP contribution in [0.25, 0.3) is 10.8 Å². The van der Waals surface area contributed by atoms with Crippen molar-refractivity contribution < 1.29 is 14.3 Å². The first-order chi connectivity index (χ1) is 13.0. The Bertz CT molecular complexity index is 1030. The van der Waals surface area contributed by atoms with Crippen molar-refractivity contribution in [3.8, 4) is 5.75 Å². The quantitative estimate of drug-likeness (QED) is 0.327. The van der Waals surface area contributed by atoms with Gasteiger partial charge in [-0.15, -0.1) is 0 Å². The van der Waals surface area contributed by atoms with Crippen molar-refractivity contribution in [1.82, 2.24) is 0 Å². The Labute approximate surface area is 174 Å². The molecule has 1 unspecified atom stereocenters. The van der Waals surface area contributed by atoms with Crippen LogP contribution in [0.1, 0.15) is 12.0 Å². The molecule has 0 radical (unpaired) electrons. The van der Waals surface area contributed by atoms with Crippen molar-refractivity contribution in [1.29, 1.82) is 0 Å². The number of carbonyl (C=O) groups is 1. The van der Waals surface area contributed by atoms with Crippen LogP contribution in [-0.4, -0.2) is 12.6 Å². The predicted molar refractivity (Wildman–Crippen MR) is 113 cm³/mol. The van der Waals surface area contributed by atoms with Crippen molar-refractivity contribution in [3.63, 3.8) is 0 Å². The van der Waals surface area contributed by atoms with Gasteiger partial charge in [-0.1, -0.05) is 65.0 Å². The van der Waals surface area contributed by atoms with Crippen molar-refractivity contribution in [2.24, 2.45) is 0 Å². The van der Waals surface area contributed by atoms with Crippen LogP contribution in [-0.2, 0) is 15.1 Å². The van der Waals surface area contributed by atoms with Crippen molar-refractivity contribution in [3.05, 3.63) is 87.3 Å². The van der Waals surface area contributed by atoms with Crippen LogP contribution in [0.5, 0.6) is 5.75 Å². The minimum absolute atomic E-state index is 0.205. The summed E-state index contributed by atoms with van der Waals surface area (Å²) in [6, 6.07) is 19.8. The van der Waals surface area contributed by atoms with E-state index in [4.69, 9.17) is 9.47 Å². The minimum atomic E-state index is -0.875. The fraction of sp³-hybridized carbons (Fsp3) is 0.136. The van der Waals surface area contributed by atoms with Crippen LogP contribution >= 0.6 is 31.9 Å². The van der Waals surface area contributed by atoms with Crippen LogP contribution in [0.4, 0.5) is 0 Å². The topological polar surface area (TPSA) is 35.5 Å². The van der Waals surface area contributed by atoms with Crippen molar-refractivity contribution >= 4 is 48.6 Å². The summed E-state index contributed by atoms with van der Waals surface area (Å²) < 4.78 is 13.7. The molecule has 0 saturated carbocycles. The number of benzene rings is 3. The van der Waals surface area contributed by atoms with E-state index in [1.54, 1.807) is 0 Å². The summed E-state index contributed by atoms with van der Waals surface area (Å²) in [6.45, 7) is 4.04. The fourth-order valence-corrected chi connectivity index (χ4v) is 4.17. The molecule has 3 aromatic carbocycles. The normalized spacial score (nSPS) is 19.3. The van der Waals surface area contributed by atoms with Crippen molar-refractivity contribution in [2.75, 3.05) is 6.61 Å². The Balaban J connectivity index is 1.67. The standard InChI is InChI=1S/C22H16Br2O3/c1-14-12-22(27-21(14)25,16-7-9-17(23)10-8-16)13-26-19-11-6-15-4-2-3-5-18(15)20(19)24/h2-11H,1,12-13H2. The molecule has 4 rings (SSSR count). The molecule has 1 aliphatic heterocycles. The van der Waals surface area contributed by atoms with E-state index in [1.165, 1.54) is 0 Å². The molecule has 1 aliphatic rings. The molecule has 0 N–H and O–H groups in total. The van der Waals surface area contributed by atoms with Gasteiger partial charge in [-0.2, -0.15) is 0 Å². The van der Waals surface area contributed by atoms with E-state index in [0.29, 0.717) is 17.7 Å². The predicted octanol–water partition coefficient (Wildman–Crippen LogP) is 6.14. The maximum Gasteiger partial charge on any atom is 0.334 e. The second kappa shape index (κ2) is 7.13. The van der Waals surface area contributed by atoms with E-state index < -0.39 is 5.60 Å². The zero-order chi connectivity index (χ0) is 19.0. The van der Waals surface area contributed by atoms with Gasteiger partial charge >= 0.3 is 5.97 Å². The monoisotopic (exact) mass is 486 g/mol. The number of carbonyl (C=O) groups excluding carboxylic acids is 1. The molecule has 136 valence electrons. The Morgan fingerprint density at radius 1 is 1.04 bits per heavy atom. The molecule has 3 aromatic rings. The largest absolute Gasteiger partial charge is 0.488 e. The highest BCUT2D eigenvalue weighted by atomic mass is 79.9. The Hall–Kier alpha value is -2.11. The first-order valence-electron chi connectivity index (χ1n) is 8.46. The van der Waals surface area contributed by atoms with Crippen LogP contribution in [0, 0.1) is 0 Å². The van der Waals surface area contributed by atoms with Gasteiger partial charge in [-0.05, 0) is 50.5 Å². The summed E-state index contributed by atoms with van der Waals surface area (Å²) in [7, 11) is 0. The lowest BCUT2D eigenvalue weighted by atomic mass is 9.90. The highest BCUT2D eigenvalue weighted by Gasteiger charge is 2.45. The van der Waals surface area contributed by atoms with E-state index >= 15 is 0 Å². The number of rotatable bonds is 4. The number of esters is 1. The Kier molecular flexibility index (Phi) is 4.82. The number of hydrogen-bond acceptors (Lipinski definition) is 3. The van der Waals surface area contributed by atoms with Gasteiger partial charge in [-0.3, -0.25) is 0 Å². The molecule has 0 spiro atoms. The SMILES string of the molecule is C=C1CC(COc2ccc3ccccc3c2Br)(c2ccc(Br)cc2)OC1=O. The first-order valence-corrected chi connectivity index (χ1v) is 10.0. The smallest absolute Gasteiger partial charge is 0.334 e. The number of cyclic esters (lactones) is 1. The molecule has 3 nitrogen and oxygen atoms in total. The van der Waals surface area contributed by atoms with E-state index in [0.717, 1.165) is 25.3 Å². The highest BCUT2D eigenvalue weighted by Crippen LogP contribution is 2.41. The van der Waals surface area contributed by atoms with Gasteiger partial charge < -0.3 is 9.47 Å². The molecule has 0 aliphatic carbocycles. The average molecular weight is 488 g/mol. The van der Waals surface area contributed by atoms with Crippen molar-refractivity contribution in [2.45, 2.75) is 12.0 Å². The average Bonchev–Trinajstić information content (AvgIpc) is 2.97. The number of hydrogen-bond donors (Lipinski definition) is 0. The second-order valence-corrected chi connectivity index (χ2v) is 8.27. The minimum Gasteiger partial charge on any atom is -0.488 e. The molecule has 1 atom stereocenters. The lowest BCUT2D eigenvalue weighted by Gasteiger charge is -2.28. The molecule has 0 bridgehead atoms. The molecule has 1 fully saturated rings. The summed E-state index contributed by atoms with van der Waals surface area (Å²) >= 11 is 7.08. The summed E-state index contributed by atoms with van der Waals surface area (Å²) in [5.41, 5.74) is 0.466. The van der Waals surface area contributed by atoms with Gasteiger partial charge in [0, 0.05) is 16.5 Å². The second-order valence-electron chi connectivity index (χ2n) is 6.56. The number of fused-ring (bicyclic) bond motifs is 1. The van der Waals surface area contributed by atoms with Gasteiger partial charge in [0.05, 0.1) is 4.47 Å². The van der Waals surface area contributed by atoms with E-state index in [-0.39, 0.29) is 12.6 Å². The Morgan fingerprint density at radius 2 is 1.78 bits per heavy atom. The van der Waals surface area contributed by atoms with E-state index in [9.17, 15) is 4.79 Å². The highest BCUT2D eigenvalue weighted by molar-refractivity contribution is 9.11. The maximum atomic E-state index is 12.1. The third kappa shape index (κ3) is 3.42. The molecule has 1 heterocycles. The van der Waals surface area contributed by atoms with Gasteiger partial charge in [0.25, 0.3) is 0 Å². The number of ether oxygens (including phenoxy) is 2. The van der Waals surface area contributed by atoms with Crippen LogP contribution in [0.2, 0.25) is 0 Å². The lowest BCUT2D eigenvalue weighted by Crippen LogP contribution is -2.33. The molecule has 0 amide bonds. The Morgan fingerprint density at radius 3 is 2.48 bits per heavy atom. The third-order valence-corrected chi connectivity index (χ3v) is 6.08. The summed E-state index contributed by atoms with van der Waals surface area (Å²) in [4.78, 5) is 12.1. The van der Waals surface area contributed by atoms with E-state index in [2.05, 4.69) is 44.5 Å². The van der Waals surface area contributed by atoms with Gasteiger partial charge in [-0.25, -0.2) is 4.79 Å². The molecule has 27 heavy (non-hydrogen) atoms. The first kappa shape index (κ1) is 18.3. The molecule has 0 aromatic heterocycles. The maximum absolute atomic E-state index is 12.1. The lowest BCUT2D eigenvalue weighted by molar-refractivity contribution is -0.150. The molecule has 5 heteroatoms. The van der Waals surface area contributed by atoms with Crippen LogP contribution in [0.15, 0.2) is 81.8 Å².